The molecule has 0 aromatic heterocycles. The standard InChI is InChI=1S/C10H17NO5/c12-8(13)10(16,9(14)15)4-3-7-2-1-5-11-6-7/h7,11,16H,1-6H2,(H,12,13)(H,14,15)/t7-/m0/s1. The van der Waals surface area contributed by atoms with Crippen LogP contribution in [0.5, 0.6) is 0 Å². The highest BCUT2D eigenvalue weighted by molar-refractivity contribution is 6.01. The molecule has 6 heteroatoms. The lowest BCUT2D eigenvalue weighted by molar-refractivity contribution is -0.177. The normalized spacial score (nSPS) is 21.7. The molecule has 1 saturated heterocycles. The molecule has 1 atom stereocenters. The Balaban J connectivity index is 2.49. The molecule has 0 aromatic carbocycles. The van der Waals surface area contributed by atoms with Crippen molar-refractivity contribution in [2.24, 2.45) is 5.92 Å². The van der Waals surface area contributed by atoms with Gasteiger partial charge in [0.15, 0.2) is 0 Å². The number of aliphatic hydroxyl groups is 1. The summed E-state index contributed by atoms with van der Waals surface area (Å²) in [6.45, 7) is 1.70. The fourth-order valence-corrected chi connectivity index (χ4v) is 1.89. The highest BCUT2D eigenvalue weighted by Gasteiger charge is 2.44. The number of hydrogen-bond acceptors (Lipinski definition) is 4. The molecular weight excluding hydrogens is 214 g/mol. The molecule has 16 heavy (non-hydrogen) atoms. The maximum atomic E-state index is 10.7. The van der Waals surface area contributed by atoms with Crippen LogP contribution in [-0.4, -0.2) is 45.9 Å². The van der Waals surface area contributed by atoms with Gasteiger partial charge in [-0.1, -0.05) is 0 Å². The monoisotopic (exact) mass is 231 g/mol. The van der Waals surface area contributed by atoms with E-state index in [9.17, 15) is 14.7 Å². The Bertz CT molecular complexity index is 258. The number of carboxylic acid groups (broad SMARTS) is 2. The maximum absolute atomic E-state index is 10.7. The lowest BCUT2D eigenvalue weighted by Gasteiger charge is -2.25. The van der Waals surface area contributed by atoms with Crippen molar-refractivity contribution in [2.75, 3.05) is 13.1 Å². The maximum Gasteiger partial charge on any atom is 0.347 e. The van der Waals surface area contributed by atoms with Crippen molar-refractivity contribution in [3.8, 4) is 0 Å². The second-order valence-corrected chi connectivity index (χ2v) is 4.22. The molecule has 0 saturated carbocycles. The molecule has 0 bridgehead atoms. The third kappa shape index (κ3) is 2.93. The number of hydrogen-bond donors (Lipinski definition) is 4. The van der Waals surface area contributed by atoms with Gasteiger partial charge in [0.05, 0.1) is 0 Å². The predicted molar refractivity (Wildman–Crippen MR) is 55.0 cm³/mol. The molecule has 0 amide bonds. The van der Waals surface area contributed by atoms with Crippen LogP contribution in [0, 0.1) is 5.92 Å². The Kier molecular flexibility index (Phi) is 4.26. The van der Waals surface area contributed by atoms with E-state index in [4.69, 9.17) is 10.2 Å². The zero-order valence-electron chi connectivity index (χ0n) is 8.98. The van der Waals surface area contributed by atoms with Crippen LogP contribution in [0.25, 0.3) is 0 Å². The van der Waals surface area contributed by atoms with Gasteiger partial charge in [0, 0.05) is 0 Å². The summed E-state index contributed by atoms with van der Waals surface area (Å²) in [6, 6.07) is 0. The zero-order chi connectivity index (χ0) is 12.2. The van der Waals surface area contributed by atoms with E-state index in [-0.39, 0.29) is 12.3 Å². The van der Waals surface area contributed by atoms with E-state index in [1.807, 2.05) is 0 Å². The van der Waals surface area contributed by atoms with Gasteiger partial charge in [-0.05, 0) is 44.7 Å². The number of piperidine rings is 1. The minimum Gasteiger partial charge on any atom is -0.479 e. The van der Waals surface area contributed by atoms with Gasteiger partial charge in [-0.15, -0.1) is 0 Å². The molecule has 0 unspecified atom stereocenters. The van der Waals surface area contributed by atoms with Crippen molar-refractivity contribution < 1.29 is 24.9 Å². The fourth-order valence-electron chi connectivity index (χ4n) is 1.89. The Morgan fingerprint density at radius 1 is 1.31 bits per heavy atom. The van der Waals surface area contributed by atoms with Gasteiger partial charge in [0.25, 0.3) is 5.60 Å². The van der Waals surface area contributed by atoms with Crippen LogP contribution in [0.1, 0.15) is 25.7 Å². The minimum atomic E-state index is -2.64. The molecule has 6 nitrogen and oxygen atoms in total. The molecule has 1 rings (SSSR count). The molecule has 0 aliphatic carbocycles. The second kappa shape index (κ2) is 5.27. The van der Waals surface area contributed by atoms with Crippen molar-refractivity contribution in [2.45, 2.75) is 31.3 Å². The number of aliphatic carboxylic acids is 2. The highest BCUT2D eigenvalue weighted by Crippen LogP contribution is 2.22. The first-order valence-corrected chi connectivity index (χ1v) is 5.36. The van der Waals surface area contributed by atoms with Gasteiger partial charge in [-0.25, -0.2) is 9.59 Å². The lowest BCUT2D eigenvalue weighted by atomic mass is 9.88. The molecule has 0 spiro atoms. The van der Waals surface area contributed by atoms with E-state index in [0.29, 0.717) is 6.42 Å². The van der Waals surface area contributed by atoms with Crippen molar-refractivity contribution in [3.63, 3.8) is 0 Å². The molecule has 1 aliphatic rings. The largest absolute Gasteiger partial charge is 0.479 e. The van der Waals surface area contributed by atoms with E-state index >= 15 is 0 Å². The average Bonchev–Trinajstić information content (AvgIpc) is 2.26. The molecule has 92 valence electrons. The number of nitrogens with one attached hydrogen (secondary N) is 1. The molecule has 0 radical (unpaired) electrons. The van der Waals surface area contributed by atoms with Gasteiger partial charge in [0.1, 0.15) is 0 Å². The number of rotatable bonds is 5. The van der Waals surface area contributed by atoms with Gasteiger partial charge in [-0.2, -0.15) is 0 Å². The van der Waals surface area contributed by atoms with E-state index in [0.717, 1.165) is 25.9 Å². The van der Waals surface area contributed by atoms with Gasteiger partial charge in [-0.3, -0.25) is 0 Å². The fraction of sp³-hybridized carbons (Fsp3) is 0.800. The first-order chi connectivity index (χ1) is 7.47. The van der Waals surface area contributed by atoms with Crippen LogP contribution >= 0.6 is 0 Å². The van der Waals surface area contributed by atoms with Gasteiger partial charge in [0.2, 0.25) is 0 Å². The first kappa shape index (κ1) is 12.9. The van der Waals surface area contributed by atoms with E-state index in [1.54, 1.807) is 0 Å². The summed E-state index contributed by atoms with van der Waals surface area (Å²) in [5.74, 6) is -3.13. The summed E-state index contributed by atoms with van der Waals surface area (Å²) in [6.07, 6.45) is 2.11. The molecule has 1 fully saturated rings. The van der Waals surface area contributed by atoms with Crippen LogP contribution in [0.4, 0.5) is 0 Å². The third-order valence-electron chi connectivity index (χ3n) is 3.02. The lowest BCUT2D eigenvalue weighted by Crippen LogP contribution is -2.47. The topological polar surface area (TPSA) is 107 Å². The van der Waals surface area contributed by atoms with Crippen molar-refractivity contribution in [1.29, 1.82) is 0 Å². The summed E-state index contributed by atoms with van der Waals surface area (Å²) in [7, 11) is 0. The summed E-state index contributed by atoms with van der Waals surface area (Å²) >= 11 is 0. The van der Waals surface area contributed by atoms with Gasteiger partial charge < -0.3 is 20.6 Å². The van der Waals surface area contributed by atoms with E-state index < -0.39 is 17.5 Å². The zero-order valence-corrected chi connectivity index (χ0v) is 8.98. The van der Waals surface area contributed by atoms with Crippen molar-refractivity contribution in [3.05, 3.63) is 0 Å². The number of carboxylic acids is 2. The summed E-state index contributed by atoms with van der Waals surface area (Å²) < 4.78 is 0. The highest BCUT2D eigenvalue weighted by atomic mass is 16.4. The molecule has 1 heterocycles. The average molecular weight is 231 g/mol. The summed E-state index contributed by atoms with van der Waals surface area (Å²) in [4.78, 5) is 21.4. The first-order valence-electron chi connectivity index (χ1n) is 5.36. The quantitative estimate of drug-likeness (QED) is 0.482. The molecule has 0 aromatic rings. The second-order valence-electron chi connectivity index (χ2n) is 4.22. The number of carbonyl (C=O) groups is 2. The van der Waals surface area contributed by atoms with E-state index in [1.165, 1.54) is 0 Å². The van der Waals surface area contributed by atoms with Crippen LogP contribution in [-0.2, 0) is 9.59 Å². The predicted octanol–water partition coefficient (Wildman–Crippen LogP) is -0.333. The minimum absolute atomic E-state index is 0.246. The van der Waals surface area contributed by atoms with Gasteiger partial charge >= 0.3 is 11.9 Å². The van der Waals surface area contributed by atoms with Crippen molar-refractivity contribution in [1.82, 2.24) is 5.32 Å². The van der Waals surface area contributed by atoms with Crippen molar-refractivity contribution >= 4 is 11.9 Å². The van der Waals surface area contributed by atoms with Crippen LogP contribution < -0.4 is 5.32 Å². The Morgan fingerprint density at radius 2 is 1.94 bits per heavy atom. The smallest absolute Gasteiger partial charge is 0.347 e. The Morgan fingerprint density at radius 3 is 2.38 bits per heavy atom. The Hall–Kier alpha value is -1.14. The summed E-state index contributed by atoms with van der Waals surface area (Å²) in [5, 5.41) is 30.0. The summed E-state index contributed by atoms with van der Waals surface area (Å²) in [5.41, 5.74) is -2.64. The third-order valence-corrected chi connectivity index (χ3v) is 3.02. The SMILES string of the molecule is O=C(O)C(O)(CC[C@@H]1CCCNC1)C(=O)O. The van der Waals surface area contributed by atoms with Crippen LogP contribution in [0.15, 0.2) is 0 Å². The van der Waals surface area contributed by atoms with Crippen LogP contribution in [0.3, 0.4) is 0 Å². The Labute approximate surface area is 93.3 Å². The van der Waals surface area contributed by atoms with E-state index in [2.05, 4.69) is 5.32 Å². The van der Waals surface area contributed by atoms with Crippen LogP contribution in [0.2, 0.25) is 0 Å². The molecular formula is C10H17NO5. The molecule has 4 N–H and O–H groups in total. The molecule has 1 aliphatic heterocycles.